The maximum atomic E-state index is 13.6. The maximum absolute atomic E-state index is 13.6. The minimum absolute atomic E-state index is 0.0612. The second kappa shape index (κ2) is 4.06. The standard InChI is InChI=1S/C13H18FNO/c1-9-6-10(7-11(16-2)12(9)14)13(8-15)4-3-5-13/h6-7H,3-5,8,15H2,1-2H3. The molecular weight excluding hydrogens is 205 g/mol. The third kappa shape index (κ3) is 1.59. The molecule has 2 N–H and O–H groups in total. The van der Waals surface area contributed by atoms with Crippen molar-refractivity contribution in [1.82, 2.24) is 0 Å². The Morgan fingerprint density at radius 2 is 2.12 bits per heavy atom. The topological polar surface area (TPSA) is 35.2 Å². The van der Waals surface area contributed by atoms with Gasteiger partial charge in [-0.1, -0.05) is 12.5 Å². The van der Waals surface area contributed by atoms with Crippen LogP contribution in [0.4, 0.5) is 4.39 Å². The Labute approximate surface area is 95.6 Å². The average Bonchev–Trinajstić information content (AvgIpc) is 2.22. The summed E-state index contributed by atoms with van der Waals surface area (Å²) in [6, 6.07) is 3.71. The first-order chi connectivity index (χ1) is 7.63. The molecule has 1 aliphatic carbocycles. The van der Waals surface area contributed by atoms with Gasteiger partial charge in [-0.2, -0.15) is 0 Å². The van der Waals surface area contributed by atoms with Crippen molar-refractivity contribution in [3.8, 4) is 5.75 Å². The molecule has 0 saturated heterocycles. The Balaban J connectivity index is 2.45. The first-order valence-corrected chi connectivity index (χ1v) is 5.67. The molecule has 0 heterocycles. The second-order valence-electron chi connectivity index (χ2n) is 4.65. The van der Waals surface area contributed by atoms with Crippen molar-refractivity contribution in [1.29, 1.82) is 0 Å². The Kier molecular flexibility index (Phi) is 2.89. The molecule has 0 unspecified atom stereocenters. The van der Waals surface area contributed by atoms with E-state index < -0.39 is 0 Å². The van der Waals surface area contributed by atoms with Crippen LogP contribution in [0.2, 0.25) is 0 Å². The van der Waals surface area contributed by atoms with Gasteiger partial charge in [-0.15, -0.1) is 0 Å². The zero-order valence-corrected chi connectivity index (χ0v) is 9.85. The Bertz CT molecular complexity index is 394. The lowest BCUT2D eigenvalue weighted by atomic mass is 9.64. The first-order valence-electron chi connectivity index (χ1n) is 5.67. The van der Waals surface area contributed by atoms with Crippen molar-refractivity contribution < 1.29 is 9.13 Å². The van der Waals surface area contributed by atoms with Gasteiger partial charge in [-0.3, -0.25) is 0 Å². The molecule has 0 spiro atoms. The lowest BCUT2D eigenvalue weighted by molar-refractivity contribution is 0.251. The van der Waals surface area contributed by atoms with Crippen LogP contribution >= 0.6 is 0 Å². The molecule has 16 heavy (non-hydrogen) atoms. The van der Waals surface area contributed by atoms with E-state index in [1.165, 1.54) is 13.5 Å². The molecule has 2 rings (SSSR count). The van der Waals surface area contributed by atoms with Crippen LogP contribution < -0.4 is 10.5 Å². The maximum Gasteiger partial charge on any atom is 0.167 e. The summed E-state index contributed by atoms with van der Waals surface area (Å²) in [6.45, 7) is 2.39. The summed E-state index contributed by atoms with van der Waals surface area (Å²) in [4.78, 5) is 0. The third-order valence-electron chi connectivity index (χ3n) is 3.75. The number of hydrogen-bond acceptors (Lipinski definition) is 2. The molecule has 1 saturated carbocycles. The van der Waals surface area contributed by atoms with Crippen LogP contribution in [0.3, 0.4) is 0 Å². The molecule has 2 nitrogen and oxygen atoms in total. The predicted molar refractivity (Wildman–Crippen MR) is 62.3 cm³/mol. The van der Waals surface area contributed by atoms with Crippen LogP contribution in [-0.4, -0.2) is 13.7 Å². The number of rotatable bonds is 3. The highest BCUT2D eigenvalue weighted by Crippen LogP contribution is 2.44. The normalized spacial score (nSPS) is 18.0. The average molecular weight is 223 g/mol. The predicted octanol–water partition coefficient (Wildman–Crippen LogP) is 2.52. The molecule has 88 valence electrons. The molecular formula is C13H18FNO. The van der Waals surface area contributed by atoms with Crippen LogP contribution in [0.15, 0.2) is 12.1 Å². The fourth-order valence-corrected chi connectivity index (χ4v) is 2.41. The molecule has 3 heteroatoms. The molecule has 0 radical (unpaired) electrons. The molecule has 0 atom stereocenters. The Hall–Kier alpha value is -1.09. The molecule has 0 amide bonds. The number of hydrogen-bond donors (Lipinski definition) is 1. The van der Waals surface area contributed by atoms with Gasteiger partial charge in [0.25, 0.3) is 0 Å². The molecule has 0 bridgehead atoms. The zero-order valence-electron chi connectivity index (χ0n) is 9.85. The molecule has 1 aliphatic rings. The number of ether oxygens (including phenoxy) is 1. The number of aryl methyl sites for hydroxylation is 1. The van der Waals surface area contributed by atoms with E-state index in [4.69, 9.17) is 10.5 Å². The first kappa shape index (κ1) is 11.4. The van der Waals surface area contributed by atoms with Gasteiger partial charge in [0, 0.05) is 12.0 Å². The number of benzene rings is 1. The van der Waals surface area contributed by atoms with E-state index in [1.807, 2.05) is 6.07 Å². The van der Waals surface area contributed by atoms with Gasteiger partial charge >= 0.3 is 0 Å². The van der Waals surface area contributed by atoms with Crippen LogP contribution in [0, 0.1) is 12.7 Å². The lowest BCUT2D eigenvalue weighted by Crippen LogP contribution is -2.41. The fraction of sp³-hybridized carbons (Fsp3) is 0.538. The van der Waals surface area contributed by atoms with Gasteiger partial charge < -0.3 is 10.5 Å². The smallest absolute Gasteiger partial charge is 0.167 e. The quantitative estimate of drug-likeness (QED) is 0.854. The van der Waals surface area contributed by atoms with Gasteiger partial charge in [0.2, 0.25) is 0 Å². The van der Waals surface area contributed by atoms with E-state index in [2.05, 4.69) is 0 Å². The van der Waals surface area contributed by atoms with Gasteiger partial charge in [-0.25, -0.2) is 4.39 Å². The van der Waals surface area contributed by atoms with Gasteiger partial charge in [0.1, 0.15) is 0 Å². The highest BCUT2D eigenvalue weighted by molar-refractivity contribution is 5.41. The lowest BCUT2D eigenvalue weighted by Gasteiger charge is -2.41. The van der Waals surface area contributed by atoms with E-state index in [9.17, 15) is 4.39 Å². The van der Waals surface area contributed by atoms with Crippen LogP contribution in [0.5, 0.6) is 5.75 Å². The van der Waals surface area contributed by atoms with Crippen LogP contribution in [-0.2, 0) is 5.41 Å². The highest BCUT2D eigenvalue weighted by atomic mass is 19.1. The van der Waals surface area contributed by atoms with E-state index in [-0.39, 0.29) is 11.2 Å². The summed E-state index contributed by atoms with van der Waals surface area (Å²) in [7, 11) is 1.50. The number of nitrogens with two attached hydrogens (primary N) is 1. The summed E-state index contributed by atoms with van der Waals surface area (Å²) in [6.07, 6.45) is 3.39. The summed E-state index contributed by atoms with van der Waals surface area (Å²) < 4.78 is 18.7. The largest absolute Gasteiger partial charge is 0.494 e. The van der Waals surface area contributed by atoms with E-state index in [1.54, 1.807) is 13.0 Å². The number of methoxy groups -OCH3 is 1. The SMILES string of the molecule is COc1cc(C2(CN)CCC2)cc(C)c1F. The minimum Gasteiger partial charge on any atom is -0.494 e. The van der Waals surface area contributed by atoms with E-state index >= 15 is 0 Å². The highest BCUT2D eigenvalue weighted by Gasteiger charge is 2.38. The summed E-state index contributed by atoms with van der Waals surface area (Å²) in [5.74, 6) is 0.0625. The van der Waals surface area contributed by atoms with Crippen molar-refractivity contribution in [3.63, 3.8) is 0 Å². The van der Waals surface area contributed by atoms with Crippen molar-refractivity contribution in [2.75, 3.05) is 13.7 Å². The summed E-state index contributed by atoms with van der Waals surface area (Å²) in [5.41, 5.74) is 7.66. The number of halogens is 1. The van der Waals surface area contributed by atoms with Crippen molar-refractivity contribution in [2.45, 2.75) is 31.6 Å². The molecule has 0 aliphatic heterocycles. The van der Waals surface area contributed by atoms with Crippen molar-refractivity contribution in [2.24, 2.45) is 5.73 Å². The summed E-state index contributed by atoms with van der Waals surface area (Å²) in [5, 5.41) is 0. The molecule has 0 aromatic heterocycles. The molecule has 1 aromatic rings. The van der Waals surface area contributed by atoms with Crippen LogP contribution in [0.25, 0.3) is 0 Å². The zero-order chi connectivity index (χ0) is 11.8. The second-order valence-corrected chi connectivity index (χ2v) is 4.65. The van der Waals surface area contributed by atoms with E-state index in [0.717, 1.165) is 18.4 Å². The fourth-order valence-electron chi connectivity index (χ4n) is 2.41. The van der Waals surface area contributed by atoms with Crippen LogP contribution in [0.1, 0.15) is 30.4 Å². The minimum atomic E-state index is -0.266. The monoisotopic (exact) mass is 223 g/mol. The molecule has 1 aromatic carbocycles. The van der Waals surface area contributed by atoms with Gasteiger partial charge in [0.15, 0.2) is 11.6 Å². The summed E-state index contributed by atoms with van der Waals surface area (Å²) >= 11 is 0. The van der Waals surface area contributed by atoms with Crippen molar-refractivity contribution in [3.05, 3.63) is 29.1 Å². The Morgan fingerprint density at radius 3 is 2.56 bits per heavy atom. The van der Waals surface area contributed by atoms with E-state index in [0.29, 0.717) is 17.9 Å². The Morgan fingerprint density at radius 1 is 1.44 bits per heavy atom. The van der Waals surface area contributed by atoms with Gasteiger partial charge in [0.05, 0.1) is 7.11 Å². The third-order valence-corrected chi connectivity index (χ3v) is 3.75. The molecule has 1 fully saturated rings. The van der Waals surface area contributed by atoms with Crippen molar-refractivity contribution >= 4 is 0 Å². The van der Waals surface area contributed by atoms with Gasteiger partial charge in [-0.05, 0) is 37.0 Å².